The van der Waals surface area contributed by atoms with Crippen molar-refractivity contribution in [1.29, 1.82) is 0 Å². The van der Waals surface area contributed by atoms with Gasteiger partial charge < -0.3 is 14.0 Å². The van der Waals surface area contributed by atoms with Crippen molar-refractivity contribution in [2.45, 2.75) is 76.0 Å². The average molecular weight is 430 g/mol. The molecule has 2 saturated heterocycles. The van der Waals surface area contributed by atoms with E-state index in [1.807, 2.05) is 32.0 Å². The second kappa shape index (κ2) is 9.32. The van der Waals surface area contributed by atoms with Crippen molar-refractivity contribution in [3.05, 3.63) is 11.8 Å². The Kier molecular flexibility index (Phi) is 7.24. The summed E-state index contributed by atoms with van der Waals surface area (Å²) in [4.78, 5) is 12.7. The lowest BCUT2D eigenvalue weighted by atomic mass is 9.90. The molecule has 2 fully saturated rings. The number of halogens is 1. The van der Waals surface area contributed by atoms with E-state index in [-0.39, 0.29) is 17.6 Å². The van der Waals surface area contributed by atoms with Gasteiger partial charge in [0.1, 0.15) is 10.9 Å². The molecule has 0 aromatic carbocycles. The molecule has 2 aliphatic rings. The predicted octanol–water partition coefficient (Wildman–Crippen LogP) is 3.90. The van der Waals surface area contributed by atoms with Crippen molar-refractivity contribution in [1.82, 2.24) is 9.46 Å². The molecule has 1 amide bonds. The van der Waals surface area contributed by atoms with Crippen molar-refractivity contribution in [3.8, 4) is 0 Å². The maximum Gasteiger partial charge on any atom is 0.243 e. The highest BCUT2D eigenvalue weighted by Gasteiger charge is 2.35. The summed E-state index contributed by atoms with van der Waals surface area (Å²) in [6, 6.07) is 1.73. The van der Waals surface area contributed by atoms with Gasteiger partial charge in [-0.25, -0.2) is 8.70 Å². The third-order valence-electron chi connectivity index (χ3n) is 5.21. The minimum absolute atomic E-state index is 0.165. The first-order valence-corrected chi connectivity index (χ1v) is 11.0. The Morgan fingerprint density at radius 1 is 1.38 bits per heavy atom. The number of carbonyl (C=O) groups is 1. The molecule has 164 valence electrons. The summed E-state index contributed by atoms with van der Waals surface area (Å²) >= 11 is 1.36. The van der Waals surface area contributed by atoms with Gasteiger partial charge in [0.2, 0.25) is 11.8 Å². The first-order valence-electron chi connectivity index (χ1n) is 10.3. The fraction of sp³-hybridized carbons (Fsp3) is 0.800. The number of nitrogens with one attached hydrogen (secondary N) is 1. The molecular formula is C20H32FN3O4S. The lowest BCUT2D eigenvalue weighted by Gasteiger charge is -2.28. The molecule has 9 heteroatoms. The van der Waals surface area contributed by atoms with Crippen LogP contribution in [-0.4, -0.2) is 58.9 Å². The zero-order valence-corrected chi connectivity index (χ0v) is 18.5. The van der Waals surface area contributed by atoms with E-state index in [2.05, 4.69) is 10.5 Å². The van der Waals surface area contributed by atoms with Gasteiger partial charge >= 0.3 is 0 Å². The van der Waals surface area contributed by atoms with Crippen LogP contribution in [0.1, 0.15) is 59.1 Å². The molecule has 1 unspecified atom stereocenters. The van der Waals surface area contributed by atoms with Crippen molar-refractivity contribution < 1.29 is 23.2 Å². The lowest BCUT2D eigenvalue weighted by Crippen LogP contribution is -2.37. The summed E-state index contributed by atoms with van der Waals surface area (Å²) in [5.41, 5.74) is 0.317. The molecule has 0 radical (unpaired) electrons. The number of anilines is 1. The summed E-state index contributed by atoms with van der Waals surface area (Å²) in [7, 11) is 0. The number of rotatable bonds is 8. The van der Waals surface area contributed by atoms with E-state index in [4.69, 9.17) is 14.0 Å². The second-order valence-electron chi connectivity index (χ2n) is 8.90. The zero-order chi connectivity index (χ0) is 21.1. The molecule has 0 saturated carbocycles. The Bertz CT molecular complexity index is 691. The summed E-state index contributed by atoms with van der Waals surface area (Å²) in [6.07, 6.45) is 2.63. The van der Waals surface area contributed by atoms with Crippen LogP contribution in [0, 0.1) is 0 Å². The summed E-state index contributed by atoms with van der Waals surface area (Å²) in [5, 5.41) is 6.91. The van der Waals surface area contributed by atoms with E-state index < -0.39 is 10.9 Å². The number of hydrogen-bond donors (Lipinski definition) is 1. The first-order chi connectivity index (χ1) is 13.7. The third kappa shape index (κ3) is 6.16. The van der Waals surface area contributed by atoms with E-state index in [0.29, 0.717) is 37.7 Å². The van der Waals surface area contributed by atoms with Crippen LogP contribution in [-0.2, 0) is 19.7 Å². The van der Waals surface area contributed by atoms with Crippen molar-refractivity contribution >= 4 is 23.7 Å². The largest absolute Gasteiger partial charge is 0.353 e. The normalized spacial score (nSPS) is 24.0. The van der Waals surface area contributed by atoms with Crippen molar-refractivity contribution in [3.63, 3.8) is 0 Å². The molecular weight excluding hydrogens is 397 g/mol. The van der Waals surface area contributed by atoms with Gasteiger partial charge in [-0.2, -0.15) is 0 Å². The topological polar surface area (TPSA) is 76.8 Å². The number of ether oxygens (including phenoxy) is 2. The summed E-state index contributed by atoms with van der Waals surface area (Å²) < 4.78 is 31.4. The Morgan fingerprint density at radius 2 is 2.17 bits per heavy atom. The van der Waals surface area contributed by atoms with Crippen LogP contribution in [0.2, 0.25) is 0 Å². The van der Waals surface area contributed by atoms with E-state index >= 15 is 0 Å². The number of alkyl halides is 1. The fourth-order valence-corrected chi connectivity index (χ4v) is 4.48. The molecule has 29 heavy (non-hydrogen) atoms. The van der Waals surface area contributed by atoms with Crippen LogP contribution >= 0.6 is 11.9 Å². The molecule has 2 atom stereocenters. The quantitative estimate of drug-likeness (QED) is 0.628. The van der Waals surface area contributed by atoms with Gasteiger partial charge in [-0.15, -0.1) is 0 Å². The molecule has 3 heterocycles. The van der Waals surface area contributed by atoms with E-state index in [1.54, 1.807) is 6.07 Å². The lowest BCUT2D eigenvalue weighted by molar-refractivity contribution is -0.170. The predicted molar refractivity (Wildman–Crippen MR) is 110 cm³/mol. The smallest absolute Gasteiger partial charge is 0.243 e. The molecule has 3 rings (SSSR count). The molecule has 0 bridgehead atoms. The molecule has 7 nitrogen and oxygen atoms in total. The van der Waals surface area contributed by atoms with Gasteiger partial charge in [-0.05, 0) is 39.5 Å². The first kappa shape index (κ1) is 22.5. The highest BCUT2D eigenvalue weighted by molar-refractivity contribution is 7.99. The van der Waals surface area contributed by atoms with Gasteiger partial charge in [0.15, 0.2) is 6.29 Å². The van der Waals surface area contributed by atoms with Gasteiger partial charge in [0, 0.05) is 31.2 Å². The van der Waals surface area contributed by atoms with Crippen LogP contribution in [0.15, 0.2) is 10.6 Å². The monoisotopic (exact) mass is 429 g/mol. The molecule has 0 aliphatic carbocycles. The summed E-state index contributed by atoms with van der Waals surface area (Å²) in [6.45, 7) is 9.84. The number of aromatic nitrogens is 1. The minimum atomic E-state index is -0.818. The van der Waals surface area contributed by atoms with Gasteiger partial charge in [0.05, 0.1) is 12.3 Å². The van der Waals surface area contributed by atoms with Crippen LogP contribution in [0.25, 0.3) is 0 Å². The van der Waals surface area contributed by atoms with E-state index in [1.165, 1.54) is 11.9 Å². The molecule has 0 spiro atoms. The van der Waals surface area contributed by atoms with Gasteiger partial charge in [-0.1, -0.05) is 31.0 Å². The SMILES string of the molecule is CC(C)(SN1CC[C@@H](F)C1)C(=O)Nc1cc(C(C)(C)COC2CCCCO2)no1. The minimum Gasteiger partial charge on any atom is -0.353 e. The zero-order valence-electron chi connectivity index (χ0n) is 17.7. The maximum absolute atomic E-state index is 13.4. The van der Waals surface area contributed by atoms with Crippen LogP contribution in [0.4, 0.5) is 10.3 Å². The number of hydrogen-bond acceptors (Lipinski definition) is 7. The fourth-order valence-electron chi connectivity index (χ4n) is 3.27. The number of nitrogens with zero attached hydrogens (tertiary/aromatic N) is 2. The van der Waals surface area contributed by atoms with Crippen LogP contribution < -0.4 is 5.32 Å². The maximum atomic E-state index is 13.4. The standard InChI is InChI=1S/C20H32FN3O4S/c1-19(2,13-27-17-7-5-6-10-26-17)15-11-16(28-23-15)22-18(25)20(3,4)29-24-9-8-14(21)12-24/h11,14,17H,5-10,12-13H2,1-4H3,(H,22,25)/t14-,17?/m1/s1. The third-order valence-corrected chi connectivity index (χ3v) is 6.44. The highest BCUT2D eigenvalue weighted by Crippen LogP contribution is 2.33. The molecule has 1 aromatic heterocycles. The Balaban J connectivity index is 1.53. The van der Waals surface area contributed by atoms with Crippen LogP contribution in [0.5, 0.6) is 0 Å². The average Bonchev–Trinajstić information content (AvgIpc) is 3.30. The Morgan fingerprint density at radius 3 is 2.83 bits per heavy atom. The number of carbonyl (C=O) groups excluding carboxylic acids is 1. The van der Waals surface area contributed by atoms with E-state index in [9.17, 15) is 9.18 Å². The molecule has 1 aromatic rings. The number of amides is 1. The second-order valence-corrected chi connectivity index (χ2v) is 10.6. The Labute approximate surface area is 176 Å². The van der Waals surface area contributed by atoms with Crippen molar-refractivity contribution in [2.24, 2.45) is 0 Å². The molecule has 1 N–H and O–H groups in total. The van der Waals surface area contributed by atoms with Gasteiger partial charge in [0.25, 0.3) is 0 Å². The van der Waals surface area contributed by atoms with Gasteiger partial charge in [-0.3, -0.25) is 10.1 Å². The van der Waals surface area contributed by atoms with E-state index in [0.717, 1.165) is 25.9 Å². The summed E-state index contributed by atoms with van der Waals surface area (Å²) in [5.74, 6) is 0.0858. The highest BCUT2D eigenvalue weighted by atomic mass is 32.2. The van der Waals surface area contributed by atoms with Crippen LogP contribution in [0.3, 0.4) is 0 Å². The molecule has 2 aliphatic heterocycles. The van der Waals surface area contributed by atoms with Crippen molar-refractivity contribution in [2.75, 3.05) is 31.6 Å². The Hall–Kier alpha value is -1.16.